The van der Waals surface area contributed by atoms with Gasteiger partial charge < -0.3 is 10.4 Å². The molecule has 4 aromatic rings. The number of hydrogen-bond donors (Lipinski definition) is 2. The highest BCUT2D eigenvalue weighted by Crippen LogP contribution is 2.45. The van der Waals surface area contributed by atoms with Crippen LogP contribution < -0.4 is 15.5 Å². The highest BCUT2D eigenvalue weighted by atomic mass is 31.0. The summed E-state index contributed by atoms with van der Waals surface area (Å²) in [7, 11) is 2.67. The molecule has 6 heteroatoms. The molecule has 164 valence electrons. The van der Waals surface area contributed by atoms with Crippen molar-refractivity contribution in [1.29, 1.82) is 0 Å². The van der Waals surface area contributed by atoms with Crippen molar-refractivity contribution >= 4 is 42.9 Å². The van der Waals surface area contributed by atoms with Crippen molar-refractivity contribution in [3.8, 4) is 16.9 Å². The number of anilines is 1. The Balaban J connectivity index is 1.68. The molecular formula is C27H23N2O3P. The van der Waals surface area contributed by atoms with Crippen molar-refractivity contribution in [2.75, 3.05) is 4.90 Å². The maximum Gasteiger partial charge on any atom is 0.329 e. The largest absolute Gasteiger partial charge is 0.506 e. The standard InChI is InChI=1S/C27H23N2O3P/c1-27(16-19-12-6-8-14-22(19)33)25(31)29(26(32)28-27)24-21(30)15-18-11-5-7-13-20(18)23(24)17-9-3-2-4-10-17/h2-15,30H,16,33H2,1H3,(H,28,32). The predicted molar refractivity (Wildman–Crippen MR) is 135 cm³/mol. The van der Waals surface area contributed by atoms with Crippen molar-refractivity contribution in [2.24, 2.45) is 0 Å². The van der Waals surface area contributed by atoms with Crippen LogP contribution in [0.2, 0.25) is 0 Å². The van der Waals surface area contributed by atoms with Crippen LogP contribution in [0, 0.1) is 0 Å². The van der Waals surface area contributed by atoms with Gasteiger partial charge in [0.05, 0.1) is 0 Å². The molecule has 0 spiro atoms. The van der Waals surface area contributed by atoms with Gasteiger partial charge in [-0.3, -0.25) is 4.79 Å². The zero-order chi connectivity index (χ0) is 23.2. The van der Waals surface area contributed by atoms with Gasteiger partial charge in [0, 0.05) is 12.0 Å². The van der Waals surface area contributed by atoms with Crippen LogP contribution in [0.4, 0.5) is 10.5 Å². The zero-order valence-electron chi connectivity index (χ0n) is 18.1. The Kier molecular flexibility index (Phi) is 5.15. The second-order valence-corrected chi connectivity index (χ2v) is 9.11. The summed E-state index contributed by atoms with van der Waals surface area (Å²) in [6.45, 7) is 1.73. The van der Waals surface area contributed by atoms with E-state index in [2.05, 4.69) is 14.6 Å². The Bertz CT molecular complexity index is 1400. The number of hydrogen-bond acceptors (Lipinski definition) is 3. The molecule has 0 aliphatic carbocycles. The lowest BCUT2D eigenvalue weighted by Crippen LogP contribution is -2.46. The van der Waals surface area contributed by atoms with Gasteiger partial charge in [0.2, 0.25) is 0 Å². The van der Waals surface area contributed by atoms with E-state index in [1.165, 1.54) is 0 Å². The third-order valence-corrected chi connectivity index (χ3v) is 6.71. The van der Waals surface area contributed by atoms with Crippen LogP contribution in [-0.4, -0.2) is 22.6 Å². The lowest BCUT2D eigenvalue weighted by molar-refractivity contribution is -0.121. The first-order valence-electron chi connectivity index (χ1n) is 10.7. The van der Waals surface area contributed by atoms with Crippen LogP contribution in [0.15, 0.2) is 84.9 Å². The molecule has 2 N–H and O–H groups in total. The first-order valence-corrected chi connectivity index (χ1v) is 11.3. The number of fused-ring (bicyclic) bond motifs is 1. The molecule has 4 aromatic carbocycles. The lowest BCUT2D eigenvalue weighted by atomic mass is 9.91. The molecule has 2 unspecified atom stereocenters. The SMILES string of the molecule is CC1(Cc2ccccc2P)NC(=O)N(c2c(O)cc3ccccc3c2-c2ccccc2)C1=O. The number of phenolic OH excluding ortho intramolecular Hbond substituents is 1. The fourth-order valence-electron chi connectivity index (χ4n) is 4.53. The van der Waals surface area contributed by atoms with Gasteiger partial charge in [-0.05, 0) is 40.2 Å². The van der Waals surface area contributed by atoms with E-state index in [1.54, 1.807) is 13.0 Å². The van der Waals surface area contributed by atoms with Gasteiger partial charge in [0.1, 0.15) is 17.0 Å². The number of amides is 3. The third-order valence-electron chi connectivity index (χ3n) is 6.15. The van der Waals surface area contributed by atoms with Crippen molar-refractivity contribution < 1.29 is 14.7 Å². The molecule has 1 aliphatic heterocycles. The van der Waals surface area contributed by atoms with E-state index in [4.69, 9.17) is 0 Å². The number of phenols is 1. The molecule has 0 aromatic heterocycles. The number of imide groups is 1. The Morgan fingerprint density at radius 3 is 2.36 bits per heavy atom. The maximum atomic E-state index is 13.8. The summed E-state index contributed by atoms with van der Waals surface area (Å²) in [5, 5.41) is 16.6. The van der Waals surface area contributed by atoms with Gasteiger partial charge in [-0.1, -0.05) is 78.9 Å². The first-order chi connectivity index (χ1) is 15.9. The van der Waals surface area contributed by atoms with E-state index >= 15 is 0 Å². The van der Waals surface area contributed by atoms with E-state index in [0.717, 1.165) is 32.1 Å². The van der Waals surface area contributed by atoms with Gasteiger partial charge in [0.25, 0.3) is 5.91 Å². The summed E-state index contributed by atoms with van der Waals surface area (Å²) >= 11 is 0. The number of nitrogens with one attached hydrogen (secondary N) is 1. The Morgan fingerprint density at radius 1 is 0.939 bits per heavy atom. The fourth-order valence-corrected chi connectivity index (χ4v) is 4.84. The third kappa shape index (κ3) is 3.55. The molecule has 0 bridgehead atoms. The number of carbonyl (C=O) groups excluding carboxylic acids is 2. The lowest BCUT2D eigenvalue weighted by Gasteiger charge is -2.24. The Hall–Kier alpha value is -3.69. The Morgan fingerprint density at radius 2 is 1.61 bits per heavy atom. The molecule has 1 saturated heterocycles. The highest BCUT2D eigenvalue weighted by molar-refractivity contribution is 7.27. The molecule has 0 radical (unpaired) electrons. The van der Waals surface area contributed by atoms with Gasteiger partial charge in [-0.25, -0.2) is 9.69 Å². The minimum absolute atomic E-state index is 0.119. The van der Waals surface area contributed by atoms with E-state index in [0.29, 0.717) is 12.0 Å². The molecule has 3 amide bonds. The number of benzene rings is 4. The first kappa shape index (κ1) is 21.2. The number of aromatic hydroxyl groups is 1. The van der Waals surface area contributed by atoms with Crippen LogP contribution in [0.3, 0.4) is 0 Å². The average molecular weight is 454 g/mol. The van der Waals surface area contributed by atoms with Gasteiger partial charge >= 0.3 is 6.03 Å². The highest BCUT2D eigenvalue weighted by Gasteiger charge is 2.50. The number of rotatable bonds is 4. The molecule has 1 heterocycles. The maximum absolute atomic E-state index is 13.8. The average Bonchev–Trinajstić information content (AvgIpc) is 3.03. The van der Waals surface area contributed by atoms with Gasteiger partial charge in [-0.2, -0.15) is 0 Å². The molecule has 2 atom stereocenters. The normalized spacial score (nSPS) is 18.1. The molecule has 0 saturated carbocycles. The van der Waals surface area contributed by atoms with E-state index in [-0.39, 0.29) is 11.4 Å². The Labute approximate surface area is 194 Å². The summed E-state index contributed by atoms with van der Waals surface area (Å²) in [6.07, 6.45) is 0.336. The summed E-state index contributed by atoms with van der Waals surface area (Å²) in [5.74, 6) is -0.518. The summed E-state index contributed by atoms with van der Waals surface area (Å²) in [4.78, 5) is 28.1. The quantitative estimate of drug-likeness (QED) is 0.345. The zero-order valence-corrected chi connectivity index (χ0v) is 19.2. The van der Waals surface area contributed by atoms with Crippen molar-refractivity contribution in [3.05, 3.63) is 90.5 Å². The molecule has 33 heavy (non-hydrogen) atoms. The minimum Gasteiger partial charge on any atom is -0.506 e. The molecule has 5 rings (SSSR count). The number of carbonyl (C=O) groups is 2. The van der Waals surface area contributed by atoms with Crippen LogP contribution in [-0.2, 0) is 11.2 Å². The second kappa shape index (κ2) is 8.02. The summed E-state index contributed by atoms with van der Waals surface area (Å²) in [6, 6.07) is 25.9. The van der Waals surface area contributed by atoms with E-state index < -0.39 is 17.5 Å². The van der Waals surface area contributed by atoms with E-state index in [9.17, 15) is 14.7 Å². The molecule has 1 fully saturated rings. The second-order valence-electron chi connectivity index (χ2n) is 8.48. The molecule has 1 aliphatic rings. The number of nitrogens with zero attached hydrogens (tertiary/aromatic N) is 1. The van der Waals surface area contributed by atoms with E-state index in [1.807, 2.05) is 78.9 Å². The van der Waals surface area contributed by atoms with Crippen LogP contribution in [0.1, 0.15) is 12.5 Å². The molecular weight excluding hydrogens is 431 g/mol. The molecule has 5 nitrogen and oxygen atoms in total. The van der Waals surface area contributed by atoms with Gasteiger partial charge in [0.15, 0.2) is 0 Å². The van der Waals surface area contributed by atoms with Gasteiger partial charge in [-0.15, -0.1) is 9.24 Å². The topological polar surface area (TPSA) is 69.6 Å². The summed E-state index contributed by atoms with van der Waals surface area (Å²) < 4.78 is 0. The smallest absolute Gasteiger partial charge is 0.329 e. The minimum atomic E-state index is -1.14. The van der Waals surface area contributed by atoms with Crippen LogP contribution in [0.5, 0.6) is 5.75 Å². The van der Waals surface area contributed by atoms with Crippen LogP contribution in [0.25, 0.3) is 21.9 Å². The summed E-state index contributed by atoms with van der Waals surface area (Å²) in [5.41, 5.74) is 1.46. The van der Waals surface area contributed by atoms with Crippen molar-refractivity contribution in [2.45, 2.75) is 18.9 Å². The predicted octanol–water partition coefficient (Wildman–Crippen LogP) is 4.77. The van der Waals surface area contributed by atoms with Crippen molar-refractivity contribution in [1.82, 2.24) is 5.32 Å². The fraction of sp³-hybridized carbons (Fsp3) is 0.111. The van der Waals surface area contributed by atoms with Crippen molar-refractivity contribution in [3.63, 3.8) is 0 Å². The number of urea groups is 1. The monoisotopic (exact) mass is 454 g/mol. The van der Waals surface area contributed by atoms with Crippen LogP contribution >= 0.6 is 9.24 Å².